The molecule has 0 bridgehead atoms. The van der Waals surface area contributed by atoms with E-state index in [1.54, 1.807) is 24.4 Å². The average molecular weight is 333 g/mol. The zero-order valence-electron chi connectivity index (χ0n) is 12.6. The van der Waals surface area contributed by atoms with Crippen LogP contribution < -0.4 is 5.43 Å². The second-order valence-corrected chi connectivity index (χ2v) is 5.98. The predicted octanol–water partition coefficient (Wildman–Crippen LogP) is 2.72. The van der Waals surface area contributed by atoms with Crippen molar-refractivity contribution in [3.63, 3.8) is 0 Å². The minimum Gasteiger partial charge on any atom is -0.377 e. The number of nitriles is 1. The maximum atomic E-state index is 12.2. The molecule has 0 radical (unpaired) electrons. The van der Waals surface area contributed by atoms with Gasteiger partial charge in [-0.1, -0.05) is 11.6 Å². The summed E-state index contributed by atoms with van der Waals surface area (Å²) in [5, 5.41) is 10.1. The molecule has 5 nitrogen and oxygen atoms in total. The number of benzene rings is 1. The zero-order chi connectivity index (χ0) is 16.2. The fourth-order valence-electron chi connectivity index (χ4n) is 2.79. The van der Waals surface area contributed by atoms with Crippen LogP contribution in [0.4, 0.5) is 0 Å². The summed E-state index contributed by atoms with van der Waals surface area (Å²) in [5.41, 5.74) is 0.569. The fourth-order valence-corrected chi connectivity index (χ4v) is 2.96. The van der Waals surface area contributed by atoms with Gasteiger partial charge in [0.1, 0.15) is 11.6 Å². The quantitative estimate of drug-likeness (QED) is 0.790. The Morgan fingerprint density at radius 2 is 2.35 bits per heavy atom. The first-order valence-electron chi connectivity index (χ1n) is 7.61. The number of hydrogen-bond donors (Lipinski definition) is 0. The molecule has 0 aliphatic carbocycles. The molecule has 1 atom stereocenters. The van der Waals surface area contributed by atoms with Gasteiger partial charge in [0.15, 0.2) is 0 Å². The van der Waals surface area contributed by atoms with Gasteiger partial charge < -0.3 is 14.0 Å². The van der Waals surface area contributed by atoms with E-state index in [1.807, 2.05) is 10.6 Å². The highest BCUT2D eigenvalue weighted by Gasteiger charge is 2.15. The van der Waals surface area contributed by atoms with Gasteiger partial charge in [-0.3, -0.25) is 4.79 Å². The largest absolute Gasteiger partial charge is 0.377 e. The van der Waals surface area contributed by atoms with E-state index in [1.165, 1.54) is 0 Å². The van der Waals surface area contributed by atoms with Gasteiger partial charge in [-0.2, -0.15) is 5.26 Å². The molecular formula is C17H17ClN2O3. The summed E-state index contributed by atoms with van der Waals surface area (Å²) in [6.45, 7) is 2.44. The Hall–Kier alpha value is -1.87. The highest BCUT2D eigenvalue weighted by molar-refractivity contribution is 6.31. The van der Waals surface area contributed by atoms with Crippen molar-refractivity contribution in [1.29, 1.82) is 5.26 Å². The lowest BCUT2D eigenvalue weighted by Gasteiger charge is -2.14. The van der Waals surface area contributed by atoms with Crippen molar-refractivity contribution in [2.75, 3.05) is 19.8 Å². The van der Waals surface area contributed by atoms with E-state index in [4.69, 9.17) is 26.3 Å². The molecule has 0 saturated carbocycles. The van der Waals surface area contributed by atoms with Crippen LogP contribution in [0.5, 0.6) is 0 Å². The molecule has 120 valence electrons. The van der Waals surface area contributed by atoms with Crippen LogP contribution in [0.15, 0.2) is 29.2 Å². The second-order valence-electron chi connectivity index (χ2n) is 5.55. The number of hydrogen-bond acceptors (Lipinski definition) is 4. The number of ether oxygens (including phenoxy) is 2. The van der Waals surface area contributed by atoms with Crippen LogP contribution in [0.25, 0.3) is 10.9 Å². The highest BCUT2D eigenvalue weighted by atomic mass is 35.5. The lowest BCUT2D eigenvalue weighted by Crippen LogP contribution is -2.18. The molecule has 23 heavy (non-hydrogen) atoms. The lowest BCUT2D eigenvalue weighted by atomic mass is 10.1. The van der Waals surface area contributed by atoms with E-state index < -0.39 is 0 Å². The smallest absolute Gasteiger partial charge is 0.207 e. The normalized spacial score (nSPS) is 17.5. The predicted molar refractivity (Wildman–Crippen MR) is 87.7 cm³/mol. The van der Waals surface area contributed by atoms with Crippen LogP contribution in [0.2, 0.25) is 5.02 Å². The van der Waals surface area contributed by atoms with Gasteiger partial charge in [-0.25, -0.2) is 0 Å². The summed E-state index contributed by atoms with van der Waals surface area (Å²) in [4.78, 5) is 12.2. The molecule has 0 N–H and O–H groups in total. The van der Waals surface area contributed by atoms with Crippen molar-refractivity contribution in [3.05, 3.63) is 45.2 Å². The first-order valence-corrected chi connectivity index (χ1v) is 7.99. The van der Waals surface area contributed by atoms with Gasteiger partial charge in [-0.05, 0) is 31.0 Å². The number of fused-ring (bicyclic) bond motifs is 1. The third-order valence-electron chi connectivity index (χ3n) is 3.97. The minimum atomic E-state index is -0.290. The van der Waals surface area contributed by atoms with Gasteiger partial charge in [0.2, 0.25) is 5.43 Å². The van der Waals surface area contributed by atoms with Crippen LogP contribution in [-0.2, 0) is 16.0 Å². The van der Waals surface area contributed by atoms with Crippen LogP contribution in [-0.4, -0.2) is 30.5 Å². The van der Waals surface area contributed by atoms with Crippen molar-refractivity contribution in [2.24, 2.45) is 0 Å². The maximum absolute atomic E-state index is 12.2. The first kappa shape index (κ1) is 16.0. The molecule has 1 aromatic heterocycles. The van der Waals surface area contributed by atoms with Crippen LogP contribution in [0, 0.1) is 11.3 Å². The SMILES string of the molecule is N#Cc1cn(CCOC[C@H]2CCCO2)c2ccc(Cl)cc2c1=O. The van der Waals surface area contributed by atoms with Crippen molar-refractivity contribution in [2.45, 2.75) is 25.5 Å². The summed E-state index contributed by atoms with van der Waals surface area (Å²) in [5.74, 6) is 0. The van der Waals surface area contributed by atoms with Crippen molar-refractivity contribution >= 4 is 22.5 Å². The molecule has 1 aliphatic heterocycles. The molecule has 0 unspecified atom stereocenters. The Balaban J connectivity index is 1.78. The fraction of sp³-hybridized carbons (Fsp3) is 0.412. The molecule has 2 heterocycles. The van der Waals surface area contributed by atoms with E-state index in [9.17, 15) is 4.79 Å². The highest BCUT2D eigenvalue weighted by Crippen LogP contribution is 2.18. The van der Waals surface area contributed by atoms with Gasteiger partial charge in [0.05, 0.1) is 24.8 Å². The minimum absolute atomic E-state index is 0.110. The van der Waals surface area contributed by atoms with E-state index in [-0.39, 0.29) is 17.1 Å². The molecule has 1 aliphatic rings. The number of rotatable bonds is 5. The number of nitrogens with zero attached hydrogens (tertiary/aromatic N) is 2. The number of aromatic nitrogens is 1. The van der Waals surface area contributed by atoms with E-state index >= 15 is 0 Å². The van der Waals surface area contributed by atoms with Gasteiger partial charge >= 0.3 is 0 Å². The lowest BCUT2D eigenvalue weighted by molar-refractivity contribution is 0.0151. The van der Waals surface area contributed by atoms with Crippen LogP contribution in [0.3, 0.4) is 0 Å². The summed E-state index contributed by atoms with van der Waals surface area (Å²) in [7, 11) is 0. The third-order valence-corrected chi connectivity index (χ3v) is 4.20. The molecular weight excluding hydrogens is 316 g/mol. The Morgan fingerprint density at radius 1 is 1.48 bits per heavy atom. The van der Waals surface area contributed by atoms with Gasteiger partial charge in [0, 0.05) is 29.8 Å². The Bertz CT molecular complexity index is 804. The summed E-state index contributed by atoms with van der Waals surface area (Å²) in [6, 6.07) is 7.07. The summed E-state index contributed by atoms with van der Waals surface area (Å²) >= 11 is 5.97. The third kappa shape index (κ3) is 3.56. The van der Waals surface area contributed by atoms with Crippen molar-refractivity contribution in [3.8, 4) is 6.07 Å². The topological polar surface area (TPSA) is 64.2 Å². The molecule has 1 saturated heterocycles. The number of pyridine rings is 1. The Kier molecular flexibility index (Phi) is 4.97. The summed E-state index contributed by atoms with van der Waals surface area (Å²) in [6.07, 6.45) is 3.89. The molecule has 1 fully saturated rings. The van der Waals surface area contributed by atoms with E-state index in [0.29, 0.717) is 30.2 Å². The van der Waals surface area contributed by atoms with Gasteiger partial charge in [0.25, 0.3) is 0 Å². The summed E-state index contributed by atoms with van der Waals surface area (Å²) < 4.78 is 13.0. The van der Waals surface area contributed by atoms with Crippen molar-refractivity contribution < 1.29 is 9.47 Å². The van der Waals surface area contributed by atoms with E-state index in [2.05, 4.69) is 0 Å². The first-order chi connectivity index (χ1) is 11.2. The van der Waals surface area contributed by atoms with Crippen molar-refractivity contribution in [1.82, 2.24) is 4.57 Å². The zero-order valence-corrected chi connectivity index (χ0v) is 13.4. The standard InChI is InChI=1S/C17H17ClN2O3/c18-13-3-4-16-15(8-13)17(21)12(9-19)10-20(16)5-7-22-11-14-2-1-6-23-14/h3-4,8,10,14H,1-2,5-7,11H2/t14-/m1/s1. The Morgan fingerprint density at radius 3 is 3.09 bits per heavy atom. The monoisotopic (exact) mass is 332 g/mol. The molecule has 0 spiro atoms. The molecule has 3 rings (SSSR count). The molecule has 2 aromatic rings. The average Bonchev–Trinajstić information content (AvgIpc) is 3.07. The number of halogens is 1. The van der Waals surface area contributed by atoms with Crippen LogP contribution in [0.1, 0.15) is 18.4 Å². The van der Waals surface area contributed by atoms with E-state index in [0.717, 1.165) is 25.0 Å². The molecule has 6 heteroatoms. The van der Waals surface area contributed by atoms with Crippen LogP contribution >= 0.6 is 11.6 Å². The van der Waals surface area contributed by atoms with Gasteiger partial charge in [-0.15, -0.1) is 0 Å². The molecule has 0 amide bonds. The second kappa shape index (κ2) is 7.14. The maximum Gasteiger partial charge on any atom is 0.207 e. The molecule has 1 aromatic carbocycles. The Labute approximate surface area is 139 Å².